The van der Waals surface area contributed by atoms with E-state index < -0.39 is 17.6 Å². The van der Waals surface area contributed by atoms with Gasteiger partial charge in [0.1, 0.15) is 10.8 Å². The summed E-state index contributed by atoms with van der Waals surface area (Å²) in [7, 11) is 1.49. The summed E-state index contributed by atoms with van der Waals surface area (Å²) >= 11 is 6.10. The van der Waals surface area contributed by atoms with E-state index in [1.165, 1.54) is 23.7 Å². The zero-order chi connectivity index (χ0) is 20.1. The van der Waals surface area contributed by atoms with Gasteiger partial charge in [-0.25, -0.2) is 0 Å². The molecular weight excluding hydrogens is 368 g/mol. The number of nitrogens with one attached hydrogen (secondary N) is 2. The van der Waals surface area contributed by atoms with Crippen molar-refractivity contribution in [2.75, 3.05) is 11.9 Å². The fourth-order valence-corrected chi connectivity index (χ4v) is 2.54. The summed E-state index contributed by atoms with van der Waals surface area (Å²) in [6, 6.07) is 8.16. The third-order valence-electron chi connectivity index (χ3n) is 3.81. The Bertz CT molecular complexity index is 1020. The Morgan fingerprint density at radius 1 is 1.30 bits per heavy atom. The first-order valence-corrected chi connectivity index (χ1v) is 8.11. The van der Waals surface area contributed by atoms with Crippen LogP contribution in [0.2, 0.25) is 5.15 Å². The van der Waals surface area contributed by atoms with Crippen LogP contribution in [0.25, 0.3) is 0 Å². The van der Waals surface area contributed by atoms with Crippen molar-refractivity contribution in [3.05, 3.63) is 51.8 Å². The summed E-state index contributed by atoms with van der Waals surface area (Å²) in [5.74, 6) is -0.169. The van der Waals surface area contributed by atoms with E-state index in [0.29, 0.717) is 11.3 Å². The number of Topliss-reactive ketones (excluding diaryl/α,β-unsaturated/α-hetero) is 1. The molecule has 0 aliphatic heterocycles. The molecule has 0 atom stereocenters. The molecule has 0 bridgehead atoms. The Balaban J connectivity index is 2.28. The lowest BCUT2D eigenvalue weighted by atomic mass is 10.1. The van der Waals surface area contributed by atoms with Gasteiger partial charge in [0.05, 0.1) is 23.7 Å². The second-order valence-corrected chi connectivity index (χ2v) is 5.96. The van der Waals surface area contributed by atoms with Crippen LogP contribution in [0.1, 0.15) is 32.0 Å². The summed E-state index contributed by atoms with van der Waals surface area (Å²) in [5, 5.41) is 13.9. The molecule has 7 nitrogen and oxygen atoms in total. The number of aryl methyl sites for hydroxylation is 1. The number of benzene rings is 1. The lowest BCUT2D eigenvalue weighted by molar-refractivity contribution is -0.116. The van der Waals surface area contributed by atoms with Gasteiger partial charge in [0.15, 0.2) is 0 Å². The number of nitriles is 1. The van der Waals surface area contributed by atoms with Crippen molar-refractivity contribution in [2.24, 2.45) is 7.05 Å². The Labute approximate surface area is 160 Å². The maximum absolute atomic E-state index is 12.5. The number of rotatable bonds is 5. The molecule has 8 heteroatoms. The lowest BCUT2D eigenvalue weighted by Crippen LogP contribution is -2.31. The van der Waals surface area contributed by atoms with Crippen LogP contribution >= 0.6 is 11.6 Å². The van der Waals surface area contributed by atoms with Gasteiger partial charge in [-0.2, -0.15) is 5.26 Å². The summed E-state index contributed by atoms with van der Waals surface area (Å²) in [6.07, 6.45) is 5.04. The molecule has 1 aromatic heterocycles. The Hall–Kier alpha value is -3.55. The van der Waals surface area contributed by atoms with Gasteiger partial charge in [-0.05, 0) is 30.7 Å². The fraction of sp³-hybridized carbons (Fsp3) is 0.158. The second-order valence-electron chi connectivity index (χ2n) is 5.60. The van der Waals surface area contributed by atoms with E-state index in [9.17, 15) is 14.4 Å². The minimum absolute atomic E-state index is 0.0531. The first kappa shape index (κ1) is 19.8. The highest BCUT2D eigenvalue weighted by atomic mass is 35.5. The number of carbonyl (C=O) groups excluding carboxylic acids is 3. The van der Waals surface area contributed by atoms with Gasteiger partial charge < -0.3 is 15.2 Å². The average Bonchev–Trinajstić information content (AvgIpc) is 2.95. The zero-order valence-corrected chi connectivity index (χ0v) is 15.3. The van der Waals surface area contributed by atoms with Crippen LogP contribution in [0, 0.1) is 30.6 Å². The third kappa shape index (κ3) is 4.17. The maximum Gasteiger partial charge on any atom is 0.293 e. The summed E-state index contributed by atoms with van der Waals surface area (Å²) in [4.78, 5) is 36.5. The van der Waals surface area contributed by atoms with Crippen molar-refractivity contribution in [1.29, 1.82) is 5.26 Å². The third-order valence-corrected chi connectivity index (χ3v) is 4.27. The number of ketones is 1. The molecule has 0 spiro atoms. The van der Waals surface area contributed by atoms with Crippen molar-refractivity contribution in [2.45, 2.75) is 6.92 Å². The van der Waals surface area contributed by atoms with Crippen molar-refractivity contribution in [1.82, 2.24) is 9.88 Å². The first-order chi connectivity index (χ1) is 12.8. The smallest absolute Gasteiger partial charge is 0.293 e. The van der Waals surface area contributed by atoms with E-state index in [2.05, 4.69) is 16.6 Å². The molecule has 136 valence electrons. The second kappa shape index (κ2) is 8.22. The van der Waals surface area contributed by atoms with Gasteiger partial charge in [-0.15, -0.1) is 6.42 Å². The number of terminal acetylenes is 1. The van der Waals surface area contributed by atoms with Gasteiger partial charge in [-0.1, -0.05) is 23.6 Å². The van der Waals surface area contributed by atoms with Crippen molar-refractivity contribution >= 4 is 34.9 Å². The molecule has 27 heavy (non-hydrogen) atoms. The van der Waals surface area contributed by atoms with E-state index in [1.54, 1.807) is 19.1 Å². The SMILES string of the molecule is C#CCNC(=O)C(=O)c1cc(C(=O)Nc2ccc(C)c(C#N)c2)n(C)c1Cl. The van der Waals surface area contributed by atoms with Crippen molar-refractivity contribution in [3.8, 4) is 18.4 Å². The highest BCUT2D eigenvalue weighted by Gasteiger charge is 2.25. The topological polar surface area (TPSA) is 104 Å². The molecule has 1 heterocycles. The molecule has 0 aliphatic rings. The van der Waals surface area contributed by atoms with Gasteiger partial charge in [0.25, 0.3) is 17.6 Å². The Kier molecular flexibility index (Phi) is 6.02. The number of halogens is 1. The largest absolute Gasteiger partial charge is 0.338 e. The molecule has 0 unspecified atom stereocenters. The van der Waals surface area contributed by atoms with Crippen LogP contribution in [-0.2, 0) is 11.8 Å². The van der Waals surface area contributed by atoms with Crippen LogP contribution in [0.5, 0.6) is 0 Å². The predicted molar refractivity (Wildman–Crippen MR) is 100 cm³/mol. The zero-order valence-electron chi connectivity index (χ0n) is 14.6. The van der Waals surface area contributed by atoms with Crippen LogP contribution in [-0.4, -0.2) is 28.7 Å². The van der Waals surface area contributed by atoms with E-state index in [0.717, 1.165) is 5.56 Å². The number of hydrogen-bond donors (Lipinski definition) is 2. The van der Waals surface area contributed by atoms with Crippen molar-refractivity contribution < 1.29 is 14.4 Å². The van der Waals surface area contributed by atoms with Gasteiger partial charge >= 0.3 is 0 Å². The highest BCUT2D eigenvalue weighted by Crippen LogP contribution is 2.22. The molecule has 2 aromatic rings. The van der Waals surface area contributed by atoms with Crippen LogP contribution < -0.4 is 10.6 Å². The normalized spacial score (nSPS) is 9.81. The lowest BCUT2D eigenvalue weighted by Gasteiger charge is -2.07. The maximum atomic E-state index is 12.5. The van der Waals surface area contributed by atoms with E-state index in [-0.39, 0.29) is 23.0 Å². The first-order valence-electron chi connectivity index (χ1n) is 7.73. The quantitative estimate of drug-likeness (QED) is 0.469. The molecule has 0 radical (unpaired) electrons. The van der Waals surface area contributed by atoms with Crippen molar-refractivity contribution in [3.63, 3.8) is 0 Å². The number of hydrogen-bond acceptors (Lipinski definition) is 4. The molecule has 0 saturated heterocycles. The molecule has 0 saturated carbocycles. The Morgan fingerprint density at radius 2 is 2.00 bits per heavy atom. The van der Waals surface area contributed by atoms with Gasteiger partial charge in [0, 0.05) is 12.7 Å². The van der Waals surface area contributed by atoms with Gasteiger partial charge in [0.2, 0.25) is 0 Å². The van der Waals surface area contributed by atoms with Crippen LogP contribution in [0.4, 0.5) is 5.69 Å². The van der Waals surface area contributed by atoms with Crippen LogP contribution in [0.3, 0.4) is 0 Å². The minimum atomic E-state index is -0.912. The molecule has 0 fully saturated rings. The van der Waals surface area contributed by atoms with Gasteiger partial charge in [-0.3, -0.25) is 14.4 Å². The summed E-state index contributed by atoms with van der Waals surface area (Å²) in [6.45, 7) is 1.68. The molecule has 2 rings (SSSR count). The van der Waals surface area contributed by atoms with E-state index in [1.807, 2.05) is 6.07 Å². The highest BCUT2D eigenvalue weighted by molar-refractivity contribution is 6.47. The predicted octanol–water partition coefficient (Wildman–Crippen LogP) is 2.04. The molecule has 2 N–H and O–H groups in total. The number of anilines is 1. The molecule has 1 aromatic carbocycles. The molecule has 2 amide bonds. The monoisotopic (exact) mass is 382 g/mol. The molecular formula is C19H15ClN4O3. The minimum Gasteiger partial charge on any atom is -0.338 e. The fourth-order valence-electron chi connectivity index (χ4n) is 2.31. The number of nitrogens with zero attached hydrogens (tertiary/aromatic N) is 2. The molecule has 0 aliphatic carbocycles. The van der Waals surface area contributed by atoms with E-state index in [4.69, 9.17) is 23.3 Å². The Morgan fingerprint density at radius 3 is 2.63 bits per heavy atom. The number of aromatic nitrogens is 1. The summed E-state index contributed by atoms with van der Waals surface area (Å²) < 4.78 is 1.29. The van der Waals surface area contributed by atoms with Crippen LogP contribution in [0.15, 0.2) is 24.3 Å². The number of amides is 2. The summed E-state index contributed by atoms with van der Waals surface area (Å²) in [5.41, 5.74) is 1.59. The average molecular weight is 383 g/mol. The standard InChI is InChI=1S/C19H15ClN4O3/c1-4-7-22-19(27)16(25)14-9-15(24(3)17(14)20)18(26)23-13-6-5-11(2)12(8-13)10-21/h1,5-6,8-9H,7H2,2-3H3,(H,22,27)(H,23,26). The number of carbonyl (C=O) groups is 3. The van der Waals surface area contributed by atoms with E-state index >= 15 is 0 Å².